The molecule has 2 heterocycles. The third-order valence-corrected chi connectivity index (χ3v) is 3.80. The fraction of sp³-hybridized carbons (Fsp3) is 1.00. The third-order valence-electron chi connectivity index (χ3n) is 3.80. The zero-order chi connectivity index (χ0) is 8.55. The highest BCUT2D eigenvalue weighted by atomic mass is 15.2. The Balaban J connectivity index is 2.07. The lowest BCUT2D eigenvalue weighted by atomic mass is 9.78. The molecule has 0 saturated carbocycles. The van der Waals surface area contributed by atoms with Gasteiger partial charge in [-0.15, -0.1) is 0 Å². The molecular weight excluding hydrogens is 146 g/mol. The number of fused-ring (bicyclic) bond motifs is 1. The number of hydrogen-bond acceptors (Lipinski definition) is 1. The van der Waals surface area contributed by atoms with Crippen LogP contribution < -0.4 is 0 Å². The van der Waals surface area contributed by atoms with Gasteiger partial charge in [0.25, 0.3) is 0 Å². The molecule has 70 valence electrons. The van der Waals surface area contributed by atoms with E-state index in [-0.39, 0.29) is 0 Å². The predicted molar refractivity (Wildman–Crippen MR) is 52.2 cm³/mol. The average molecular weight is 167 g/mol. The SMILES string of the molecule is CC1CCCN2CCCC(C)C12. The molecule has 0 radical (unpaired) electrons. The predicted octanol–water partition coefficient (Wildman–Crippen LogP) is 2.52. The highest BCUT2D eigenvalue weighted by molar-refractivity contribution is 4.88. The van der Waals surface area contributed by atoms with E-state index in [9.17, 15) is 0 Å². The summed E-state index contributed by atoms with van der Waals surface area (Å²) in [4.78, 5) is 2.74. The standard InChI is InChI=1S/C11H21N/c1-9-5-3-7-12-8-4-6-10(2)11(9)12/h9-11H,3-8H2,1-2H3. The van der Waals surface area contributed by atoms with Crippen molar-refractivity contribution in [3.05, 3.63) is 0 Å². The summed E-state index contributed by atoms with van der Waals surface area (Å²) < 4.78 is 0. The van der Waals surface area contributed by atoms with Crippen molar-refractivity contribution in [2.45, 2.75) is 45.6 Å². The van der Waals surface area contributed by atoms with Gasteiger partial charge in [0.1, 0.15) is 0 Å². The van der Waals surface area contributed by atoms with Crippen LogP contribution in [-0.2, 0) is 0 Å². The van der Waals surface area contributed by atoms with E-state index in [2.05, 4.69) is 18.7 Å². The van der Waals surface area contributed by atoms with E-state index < -0.39 is 0 Å². The van der Waals surface area contributed by atoms with E-state index in [1.807, 2.05) is 0 Å². The number of piperidine rings is 2. The normalized spacial score (nSPS) is 44.0. The van der Waals surface area contributed by atoms with E-state index in [1.54, 1.807) is 0 Å². The molecular formula is C11H21N. The zero-order valence-electron chi connectivity index (χ0n) is 8.42. The van der Waals surface area contributed by atoms with Crippen LogP contribution in [0.3, 0.4) is 0 Å². The van der Waals surface area contributed by atoms with Crippen molar-refractivity contribution in [2.24, 2.45) is 11.8 Å². The molecule has 1 heteroatoms. The summed E-state index contributed by atoms with van der Waals surface area (Å²) in [7, 11) is 0. The summed E-state index contributed by atoms with van der Waals surface area (Å²) in [6.07, 6.45) is 5.80. The fourth-order valence-corrected chi connectivity index (χ4v) is 3.26. The molecule has 0 aromatic heterocycles. The Kier molecular flexibility index (Phi) is 2.40. The fourth-order valence-electron chi connectivity index (χ4n) is 3.26. The van der Waals surface area contributed by atoms with Crippen molar-refractivity contribution in [3.63, 3.8) is 0 Å². The molecule has 2 aliphatic rings. The summed E-state index contributed by atoms with van der Waals surface area (Å²) in [5.74, 6) is 1.91. The lowest BCUT2D eigenvalue weighted by Gasteiger charge is -2.46. The minimum absolute atomic E-state index is 0.924. The van der Waals surface area contributed by atoms with Gasteiger partial charge in [-0.05, 0) is 50.6 Å². The van der Waals surface area contributed by atoms with Gasteiger partial charge in [0.15, 0.2) is 0 Å². The third kappa shape index (κ3) is 1.39. The van der Waals surface area contributed by atoms with E-state index >= 15 is 0 Å². The molecule has 0 aromatic carbocycles. The van der Waals surface area contributed by atoms with Crippen molar-refractivity contribution in [2.75, 3.05) is 13.1 Å². The largest absolute Gasteiger partial charge is 0.300 e. The van der Waals surface area contributed by atoms with Crippen LogP contribution >= 0.6 is 0 Å². The molecule has 0 bridgehead atoms. The van der Waals surface area contributed by atoms with Gasteiger partial charge in [-0.1, -0.05) is 13.8 Å². The van der Waals surface area contributed by atoms with Crippen LogP contribution in [0, 0.1) is 11.8 Å². The molecule has 2 fully saturated rings. The van der Waals surface area contributed by atoms with Gasteiger partial charge < -0.3 is 0 Å². The summed E-state index contributed by atoms with van der Waals surface area (Å²) in [5, 5.41) is 0. The summed E-state index contributed by atoms with van der Waals surface area (Å²) in [6, 6.07) is 0.924. The van der Waals surface area contributed by atoms with Crippen LogP contribution in [0.4, 0.5) is 0 Å². The Morgan fingerprint density at radius 2 is 1.42 bits per heavy atom. The first kappa shape index (κ1) is 8.55. The van der Waals surface area contributed by atoms with Gasteiger partial charge in [-0.25, -0.2) is 0 Å². The monoisotopic (exact) mass is 167 g/mol. The van der Waals surface area contributed by atoms with Crippen molar-refractivity contribution in [1.82, 2.24) is 4.90 Å². The van der Waals surface area contributed by atoms with Gasteiger partial charge in [-0.3, -0.25) is 4.90 Å². The van der Waals surface area contributed by atoms with Crippen LogP contribution in [0.2, 0.25) is 0 Å². The van der Waals surface area contributed by atoms with E-state index in [0.29, 0.717) is 0 Å². The molecule has 0 N–H and O–H groups in total. The number of nitrogens with zero attached hydrogens (tertiary/aromatic N) is 1. The second-order valence-electron chi connectivity index (χ2n) is 4.77. The van der Waals surface area contributed by atoms with Gasteiger partial charge >= 0.3 is 0 Å². The zero-order valence-corrected chi connectivity index (χ0v) is 8.42. The summed E-state index contributed by atoms with van der Waals surface area (Å²) >= 11 is 0. The lowest BCUT2D eigenvalue weighted by Crippen LogP contribution is -2.51. The number of hydrogen-bond donors (Lipinski definition) is 0. The van der Waals surface area contributed by atoms with Crippen molar-refractivity contribution >= 4 is 0 Å². The second kappa shape index (κ2) is 3.37. The smallest absolute Gasteiger partial charge is 0.0146 e. The van der Waals surface area contributed by atoms with Gasteiger partial charge in [0.2, 0.25) is 0 Å². The van der Waals surface area contributed by atoms with Crippen LogP contribution in [-0.4, -0.2) is 24.0 Å². The Hall–Kier alpha value is -0.0400. The lowest BCUT2D eigenvalue weighted by molar-refractivity contribution is 0.0295. The molecule has 12 heavy (non-hydrogen) atoms. The molecule has 0 spiro atoms. The summed E-state index contributed by atoms with van der Waals surface area (Å²) in [6.45, 7) is 7.63. The Morgan fingerprint density at radius 3 is 1.83 bits per heavy atom. The van der Waals surface area contributed by atoms with Crippen LogP contribution in [0.25, 0.3) is 0 Å². The molecule has 0 aromatic rings. The molecule has 0 amide bonds. The highest BCUT2D eigenvalue weighted by Crippen LogP contribution is 2.33. The van der Waals surface area contributed by atoms with E-state index in [4.69, 9.17) is 0 Å². The maximum Gasteiger partial charge on any atom is 0.0146 e. The minimum atomic E-state index is 0.924. The van der Waals surface area contributed by atoms with E-state index in [0.717, 1.165) is 17.9 Å². The molecule has 2 unspecified atom stereocenters. The van der Waals surface area contributed by atoms with Crippen molar-refractivity contribution < 1.29 is 0 Å². The molecule has 2 aliphatic heterocycles. The average Bonchev–Trinajstić information content (AvgIpc) is 2.04. The highest BCUT2D eigenvalue weighted by Gasteiger charge is 2.34. The molecule has 2 saturated heterocycles. The van der Waals surface area contributed by atoms with Gasteiger partial charge in [-0.2, -0.15) is 0 Å². The number of rotatable bonds is 0. The van der Waals surface area contributed by atoms with Crippen molar-refractivity contribution in [3.8, 4) is 0 Å². The molecule has 2 atom stereocenters. The quantitative estimate of drug-likeness (QED) is 0.536. The van der Waals surface area contributed by atoms with Gasteiger partial charge in [0, 0.05) is 6.04 Å². The molecule has 2 rings (SSSR count). The Labute approximate surface area is 76.1 Å². The second-order valence-corrected chi connectivity index (χ2v) is 4.77. The first-order chi connectivity index (χ1) is 5.79. The maximum absolute atomic E-state index is 2.74. The van der Waals surface area contributed by atoms with Crippen molar-refractivity contribution in [1.29, 1.82) is 0 Å². The Bertz CT molecular complexity index is 139. The first-order valence-electron chi connectivity index (χ1n) is 5.53. The maximum atomic E-state index is 2.74. The topological polar surface area (TPSA) is 3.24 Å². The first-order valence-corrected chi connectivity index (χ1v) is 5.53. The van der Waals surface area contributed by atoms with Crippen LogP contribution in [0.5, 0.6) is 0 Å². The van der Waals surface area contributed by atoms with Gasteiger partial charge in [0.05, 0.1) is 0 Å². The molecule has 1 nitrogen and oxygen atoms in total. The minimum Gasteiger partial charge on any atom is -0.300 e. The van der Waals surface area contributed by atoms with Crippen LogP contribution in [0.1, 0.15) is 39.5 Å². The Morgan fingerprint density at radius 1 is 0.917 bits per heavy atom. The van der Waals surface area contributed by atoms with Crippen LogP contribution in [0.15, 0.2) is 0 Å². The van der Waals surface area contributed by atoms with E-state index in [1.165, 1.54) is 38.8 Å². The summed E-state index contributed by atoms with van der Waals surface area (Å²) in [5.41, 5.74) is 0. The molecule has 0 aliphatic carbocycles.